The zero-order valence-corrected chi connectivity index (χ0v) is 28.5. The van der Waals surface area contributed by atoms with Crippen molar-refractivity contribution in [2.24, 2.45) is 5.92 Å². The van der Waals surface area contributed by atoms with E-state index in [1.165, 1.54) is 11.4 Å². The van der Waals surface area contributed by atoms with E-state index in [0.29, 0.717) is 24.5 Å². The Kier molecular flexibility index (Phi) is 12.9. The summed E-state index contributed by atoms with van der Waals surface area (Å²) in [7, 11) is -2.23. The minimum absolute atomic E-state index is 0.0849. The van der Waals surface area contributed by atoms with Crippen LogP contribution in [0.3, 0.4) is 0 Å². The molecule has 0 saturated heterocycles. The molecule has 10 nitrogen and oxygen atoms in total. The number of hydrogen-bond donors (Lipinski definition) is 2. The number of nitrogens with zero attached hydrogens (tertiary/aromatic N) is 2. The minimum atomic E-state index is -3.77. The fourth-order valence-corrected chi connectivity index (χ4v) is 6.78. The Morgan fingerprint density at radius 1 is 1.04 bits per heavy atom. The number of amides is 2. The Bertz CT molecular complexity index is 1570. The van der Waals surface area contributed by atoms with E-state index < -0.39 is 22.2 Å². The summed E-state index contributed by atoms with van der Waals surface area (Å²) in [5.74, 6) is -0.505. The molecule has 2 amide bonds. The highest BCUT2D eigenvalue weighted by Crippen LogP contribution is 2.29. The molecule has 254 valence electrons. The first kappa shape index (κ1) is 36.1. The second-order valence-corrected chi connectivity index (χ2v) is 14.4. The number of carbonyl (C=O) groups excluding carboxylic acids is 2. The Balaban J connectivity index is 1.63. The SMILES string of the molecule is C[C@@H]1CN([C@@H](C)CO)C(=O)c2cc(NC(=O)Cc3ccccc3)ccc2O[C@@H](C)CCCCO[C@@H]1CN(C)S(=O)(=O)c1ccccc1. The molecule has 0 aliphatic carbocycles. The number of likely N-dealkylation sites (N-methyl/N-ethyl adjacent to an activating group) is 1. The first-order valence-electron chi connectivity index (χ1n) is 16.2. The van der Waals surface area contributed by atoms with Crippen LogP contribution in [-0.4, -0.2) is 86.1 Å². The van der Waals surface area contributed by atoms with Gasteiger partial charge in [0.1, 0.15) is 5.75 Å². The van der Waals surface area contributed by atoms with Crippen molar-refractivity contribution in [3.05, 3.63) is 90.0 Å². The van der Waals surface area contributed by atoms with Gasteiger partial charge in [-0.05, 0) is 69.0 Å². The van der Waals surface area contributed by atoms with Gasteiger partial charge in [-0.1, -0.05) is 55.5 Å². The van der Waals surface area contributed by atoms with Gasteiger partial charge in [0.05, 0.1) is 41.7 Å². The third kappa shape index (κ3) is 9.87. The van der Waals surface area contributed by atoms with Gasteiger partial charge in [0, 0.05) is 38.3 Å². The van der Waals surface area contributed by atoms with Crippen LogP contribution in [0.15, 0.2) is 83.8 Å². The standard InChI is InChI=1S/C36H47N3O7S/c1-26-23-39(27(2)25-40)36(42)32-22-30(37-35(41)21-29-14-7-5-8-15-29)18-19-33(32)46-28(3)13-11-12-20-45-34(26)24-38(4)47(43,44)31-16-9-6-10-17-31/h5-10,14-19,22,26-28,34,40H,11-13,20-21,23-25H2,1-4H3,(H,37,41)/t26-,27+,28+,34-/m1/s1. The average molecular weight is 666 g/mol. The van der Waals surface area contributed by atoms with Crippen molar-refractivity contribution in [1.29, 1.82) is 0 Å². The summed E-state index contributed by atoms with van der Waals surface area (Å²) < 4.78 is 40.6. The molecule has 3 aromatic rings. The minimum Gasteiger partial charge on any atom is -0.490 e. The van der Waals surface area contributed by atoms with Crippen LogP contribution in [-0.2, 0) is 26.0 Å². The van der Waals surface area contributed by atoms with Crippen LogP contribution in [0.25, 0.3) is 0 Å². The molecular weight excluding hydrogens is 618 g/mol. The highest BCUT2D eigenvalue weighted by atomic mass is 32.2. The van der Waals surface area contributed by atoms with Gasteiger partial charge in [-0.15, -0.1) is 0 Å². The molecule has 0 radical (unpaired) electrons. The lowest BCUT2D eigenvalue weighted by molar-refractivity contribution is -0.115. The molecule has 0 unspecified atom stereocenters. The first-order chi connectivity index (χ1) is 22.5. The van der Waals surface area contributed by atoms with Crippen LogP contribution in [0.5, 0.6) is 5.75 Å². The van der Waals surface area contributed by atoms with E-state index >= 15 is 0 Å². The Morgan fingerprint density at radius 2 is 1.72 bits per heavy atom. The second-order valence-electron chi connectivity index (χ2n) is 12.3. The number of anilines is 1. The number of nitrogens with one attached hydrogen (secondary N) is 1. The van der Waals surface area contributed by atoms with E-state index in [9.17, 15) is 23.1 Å². The van der Waals surface area contributed by atoms with Gasteiger partial charge in [0.15, 0.2) is 0 Å². The normalized spacial score (nSPS) is 20.5. The van der Waals surface area contributed by atoms with E-state index in [1.807, 2.05) is 44.2 Å². The van der Waals surface area contributed by atoms with Gasteiger partial charge in [-0.3, -0.25) is 9.59 Å². The van der Waals surface area contributed by atoms with Crippen molar-refractivity contribution in [2.75, 3.05) is 38.7 Å². The quantitative estimate of drug-likeness (QED) is 0.330. The predicted octanol–water partition coefficient (Wildman–Crippen LogP) is 4.98. The van der Waals surface area contributed by atoms with E-state index in [-0.39, 0.29) is 60.4 Å². The molecule has 1 aliphatic heterocycles. The van der Waals surface area contributed by atoms with E-state index in [1.54, 1.807) is 60.4 Å². The first-order valence-corrected chi connectivity index (χ1v) is 17.6. The summed E-state index contributed by atoms with van der Waals surface area (Å²) in [4.78, 5) is 29.0. The van der Waals surface area contributed by atoms with Crippen molar-refractivity contribution < 1.29 is 32.6 Å². The number of carbonyl (C=O) groups is 2. The molecule has 0 saturated carbocycles. The Morgan fingerprint density at radius 3 is 2.40 bits per heavy atom. The van der Waals surface area contributed by atoms with Crippen LogP contribution in [0.4, 0.5) is 5.69 Å². The molecule has 0 fully saturated rings. The number of sulfonamides is 1. The molecule has 2 N–H and O–H groups in total. The van der Waals surface area contributed by atoms with E-state index in [2.05, 4.69) is 5.32 Å². The average Bonchev–Trinajstić information content (AvgIpc) is 3.06. The van der Waals surface area contributed by atoms with Crippen molar-refractivity contribution in [2.45, 2.75) is 69.6 Å². The largest absolute Gasteiger partial charge is 0.490 e. The Labute approximate surface area is 278 Å². The summed E-state index contributed by atoms with van der Waals surface area (Å²) in [6, 6.07) is 22.1. The lowest BCUT2D eigenvalue weighted by atomic mass is 10.0. The number of benzene rings is 3. The highest BCUT2D eigenvalue weighted by Gasteiger charge is 2.32. The lowest BCUT2D eigenvalue weighted by Crippen LogP contribution is -2.48. The van der Waals surface area contributed by atoms with E-state index in [4.69, 9.17) is 9.47 Å². The van der Waals surface area contributed by atoms with Gasteiger partial charge in [0.2, 0.25) is 15.9 Å². The zero-order valence-electron chi connectivity index (χ0n) is 27.7. The maximum Gasteiger partial charge on any atom is 0.258 e. The van der Waals surface area contributed by atoms with Crippen LogP contribution in [0, 0.1) is 5.92 Å². The summed E-state index contributed by atoms with van der Waals surface area (Å²) >= 11 is 0. The van der Waals surface area contributed by atoms with Crippen molar-refractivity contribution in [3.63, 3.8) is 0 Å². The molecule has 1 aliphatic rings. The van der Waals surface area contributed by atoms with Crippen molar-refractivity contribution in [3.8, 4) is 5.75 Å². The fraction of sp³-hybridized carbons (Fsp3) is 0.444. The second kappa shape index (κ2) is 16.9. The van der Waals surface area contributed by atoms with Crippen LogP contribution in [0.2, 0.25) is 0 Å². The van der Waals surface area contributed by atoms with Crippen molar-refractivity contribution in [1.82, 2.24) is 9.21 Å². The molecule has 0 aromatic heterocycles. The third-order valence-electron chi connectivity index (χ3n) is 8.43. The lowest BCUT2D eigenvalue weighted by Gasteiger charge is -2.35. The summed E-state index contributed by atoms with van der Waals surface area (Å²) in [6.45, 7) is 6.03. The number of aliphatic hydroxyl groups is 1. The van der Waals surface area contributed by atoms with Gasteiger partial charge in [0.25, 0.3) is 5.91 Å². The third-order valence-corrected chi connectivity index (χ3v) is 10.3. The van der Waals surface area contributed by atoms with Gasteiger partial charge in [-0.2, -0.15) is 4.31 Å². The Hall–Kier alpha value is -3.77. The van der Waals surface area contributed by atoms with E-state index in [0.717, 1.165) is 18.4 Å². The van der Waals surface area contributed by atoms with Gasteiger partial charge >= 0.3 is 0 Å². The molecule has 1 heterocycles. The number of ether oxygens (including phenoxy) is 2. The molecule has 0 bridgehead atoms. The number of rotatable bonds is 9. The van der Waals surface area contributed by atoms with Gasteiger partial charge in [-0.25, -0.2) is 8.42 Å². The number of fused-ring (bicyclic) bond motifs is 1. The molecule has 4 rings (SSSR count). The summed E-state index contributed by atoms with van der Waals surface area (Å²) in [5, 5.41) is 13.1. The summed E-state index contributed by atoms with van der Waals surface area (Å²) in [6.07, 6.45) is 1.72. The van der Waals surface area contributed by atoms with Crippen LogP contribution in [0.1, 0.15) is 56.0 Å². The molecular formula is C36H47N3O7S. The van der Waals surface area contributed by atoms with Crippen LogP contribution < -0.4 is 10.1 Å². The predicted molar refractivity (Wildman–Crippen MR) is 182 cm³/mol. The summed E-state index contributed by atoms with van der Waals surface area (Å²) in [5.41, 5.74) is 1.58. The molecule has 11 heteroatoms. The topological polar surface area (TPSA) is 125 Å². The molecule has 4 atom stereocenters. The zero-order chi connectivity index (χ0) is 34.0. The molecule has 47 heavy (non-hydrogen) atoms. The monoisotopic (exact) mass is 665 g/mol. The number of hydrogen-bond acceptors (Lipinski definition) is 7. The maximum absolute atomic E-state index is 14.3. The maximum atomic E-state index is 14.3. The molecule has 0 spiro atoms. The van der Waals surface area contributed by atoms with Crippen LogP contribution >= 0.6 is 0 Å². The fourth-order valence-electron chi connectivity index (χ4n) is 5.57. The van der Waals surface area contributed by atoms with Gasteiger partial charge < -0.3 is 24.8 Å². The van der Waals surface area contributed by atoms with Crippen molar-refractivity contribution >= 4 is 27.5 Å². The number of aliphatic hydroxyl groups excluding tert-OH is 1. The molecule has 3 aromatic carbocycles. The smallest absolute Gasteiger partial charge is 0.258 e. The highest BCUT2D eigenvalue weighted by molar-refractivity contribution is 7.89.